The summed E-state index contributed by atoms with van der Waals surface area (Å²) in [6.07, 6.45) is 0.826. The fourth-order valence-electron chi connectivity index (χ4n) is 1.26. The van der Waals surface area contributed by atoms with Crippen LogP contribution in [0.1, 0.15) is 25.0 Å². The molecule has 0 aliphatic carbocycles. The number of hydrogen-bond acceptors (Lipinski definition) is 0. The molecular weight excluding hydrogens is 151 g/mol. The van der Waals surface area contributed by atoms with Crippen LogP contribution < -0.4 is 0 Å². The van der Waals surface area contributed by atoms with Crippen molar-refractivity contribution in [1.29, 1.82) is 0 Å². The average Bonchev–Trinajstić information content (AvgIpc) is 1.94. The summed E-state index contributed by atoms with van der Waals surface area (Å²) in [5.41, 5.74) is 1.82. The van der Waals surface area contributed by atoms with E-state index in [2.05, 4.69) is 13.8 Å². The highest BCUT2D eigenvalue weighted by Crippen LogP contribution is 2.13. The summed E-state index contributed by atoms with van der Waals surface area (Å²) in [6.45, 7) is 6.10. The molecule has 0 aliphatic rings. The molecule has 0 radical (unpaired) electrons. The summed E-state index contributed by atoms with van der Waals surface area (Å²) in [7, 11) is 0. The molecule has 0 aromatic heterocycles. The van der Waals surface area contributed by atoms with Crippen LogP contribution in [-0.4, -0.2) is 0 Å². The Balaban J connectivity index is 2.86. The van der Waals surface area contributed by atoms with E-state index in [-0.39, 0.29) is 5.82 Å². The first-order valence-electron chi connectivity index (χ1n) is 4.34. The number of halogens is 1. The molecule has 0 amide bonds. The van der Waals surface area contributed by atoms with Gasteiger partial charge in [0.15, 0.2) is 0 Å². The second kappa shape index (κ2) is 3.70. The molecule has 1 heteroatoms. The Labute approximate surface area is 73.4 Å². The van der Waals surface area contributed by atoms with Crippen LogP contribution in [0.25, 0.3) is 0 Å². The molecule has 0 N–H and O–H groups in total. The third-order valence-electron chi connectivity index (χ3n) is 1.84. The Bertz CT molecular complexity index is 264. The summed E-state index contributed by atoms with van der Waals surface area (Å²) in [5, 5.41) is 0. The lowest BCUT2D eigenvalue weighted by Crippen LogP contribution is -1.97. The summed E-state index contributed by atoms with van der Waals surface area (Å²) in [5.74, 6) is 0.450. The van der Waals surface area contributed by atoms with Crippen molar-refractivity contribution in [2.24, 2.45) is 5.92 Å². The molecule has 12 heavy (non-hydrogen) atoms. The Morgan fingerprint density at radius 2 is 2.00 bits per heavy atom. The van der Waals surface area contributed by atoms with Gasteiger partial charge in [-0.1, -0.05) is 26.0 Å². The van der Waals surface area contributed by atoms with Gasteiger partial charge >= 0.3 is 0 Å². The van der Waals surface area contributed by atoms with Gasteiger partial charge in [-0.2, -0.15) is 0 Å². The van der Waals surface area contributed by atoms with Gasteiger partial charge in [0.05, 0.1) is 0 Å². The molecule has 0 unspecified atom stereocenters. The van der Waals surface area contributed by atoms with Crippen molar-refractivity contribution in [3.05, 3.63) is 35.1 Å². The van der Waals surface area contributed by atoms with Crippen LogP contribution in [-0.2, 0) is 6.42 Å². The zero-order valence-electron chi connectivity index (χ0n) is 7.89. The van der Waals surface area contributed by atoms with Crippen molar-refractivity contribution >= 4 is 0 Å². The lowest BCUT2D eigenvalue weighted by Gasteiger charge is -2.06. The third-order valence-corrected chi connectivity index (χ3v) is 1.84. The largest absolute Gasteiger partial charge is 0.207 e. The molecule has 0 heterocycles. The van der Waals surface area contributed by atoms with E-state index in [0.29, 0.717) is 5.92 Å². The van der Waals surface area contributed by atoms with E-state index in [9.17, 15) is 4.39 Å². The summed E-state index contributed by atoms with van der Waals surface area (Å²) in [4.78, 5) is 0. The summed E-state index contributed by atoms with van der Waals surface area (Å²) >= 11 is 0. The Kier molecular flexibility index (Phi) is 2.85. The molecule has 66 valence electrons. The van der Waals surface area contributed by atoms with Crippen LogP contribution in [0.2, 0.25) is 0 Å². The van der Waals surface area contributed by atoms with Gasteiger partial charge in [0.25, 0.3) is 0 Å². The fraction of sp³-hybridized carbons (Fsp3) is 0.455. The van der Waals surface area contributed by atoms with E-state index in [1.165, 1.54) is 0 Å². The van der Waals surface area contributed by atoms with E-state index in [1.807, 2.05) is 19.1 Å². The number of rotatable bonds is 2. The van der Waals surface area contributed by atoms with Crippen molar-refractivity contribution in [2.45, 2.75) is 27.2 Å². The molecule has 0 aliphatic heterocycles. The second-order valence-corrected chi connectivity index (χ2v) is 3.69. The Morgan fingerprint density at radius 1 is 1.33 bits per heavy atom. The maximum atomic E-state index is 13.2. The maximum Gasteiger partial charge on any atom is 0.126 e. The van der Waals surface area contributed by atoms with Crippen LogP contribution in [0.3, 0.4) is 0 Å². The maximum absolute atomic E-state index is 13.2. The van der Waals surface area contributed by atoms with E-state index in [4.69, 9.17) is 0 Å². The van der Waals surface area contributed by atoms with Crippen molar-refractivity contribution in [2.75, 3.05) is 0 Å². The van der Waals surface area contributed by atoms with Gasteiger partial charge in [0.2, 0.25) is 0 Å². The van der Waals surface area contributed by atoms with E-state index >= 15 is 0 Å². The third kappa shape index (κ3) is 2.33. The van der Waals surface area contributed by atoms with Gasteiger partial charge in [-0.05, 0) is 36.5 Å². The van der Waals surface area contributed by atoms with Crippen LogP contribution in [0, 0.1) is 18.7 Å². The van der Waals surface area contributed by atoms with Gasteiger partial charge in [-0.3, -0.25) is 0 Å². The first-order chi connectivity index (χ1) is 5.59. The minimum atomic E-state index is -0.0660. The zero-order chi connectivity index (χ0) is 9.14. The van der Waals surface area contributed by atoms with E-state index < -0.39 is 0 Å². The van der Waals surface area contributed by atoms with Crippen LogP contribution in [0.4, 0.5) is 4.39 Å². The smallest absolute Gasteiger partial charge is 0.126 e. The van der Waals surface area contributed by atoms with E-state index in [1.54, 1.807) is 6.07 Å². The van der Waals surface area contributed by atoms with Gasteiger partial charge in [-0.25, -0.2) is 4.39 Å². The second-order valence-electron chi connectivity index (χ2n) is 3.69. The molecular formula is C11H15F. The highest BCUT2D eigenvalue weighted by atomic mass is 19.1. The molecule has 0 saturated heterocycles. The number of hydrogen-bond donors (Lipinski definition) is 0. The highest BCUT2D eigenvalue weighted by molar-refractivity contribution is 5.23. The van der Waals surface area contributed by atoms with Crippen LogP contribution in [0.15, 0.2) is 18.2 Å². The lowest BCUT2D eigenvalue weighted by atomic mass is 10.0. The average molecular weight is 166 g/mol. The Hall–Kier alpha value is -0.850. The molecule has 0 bridgehead atoms. The number of benzene rings is 1. The van der Waals surface area contributed by atoms with Crippen molar-refractivity contribution in [3.63, 3.8) is 0 Å². The minimum Gasteiger partial charge on any atom is -0.207 e. The predicted molar refractivity (Wildman–Crippen MR) is 49.7 cm³/mol. The van der Waals surface area contributed by atoms with Gasteiger partial charge < -0.3 is 0 Å². The normalized spacial score (nSPS) is 10.8. The van der Waals surface area contributed by atoms with Crippen molar-refractivity contribution < 1.29 is 4.39 Å². The highest BCUT2D eigenvalue weighted by Gasteiger charge is 2.03. The molecule has 0 saturated carbocycles. The lowest BCUT2D eigenvalue weighted by molar-refractivity contribution is 0.573. The molecule has 0 spiro atoms. The van der Waals surface area contributed by atoms with Crippen LogP contribution in [0.5, 0.6) is 0 Å². The molecule has 1 aromatic rings. The Morgan fingerprint density at radius 3 is 2.50 bits per heavy atom. The van der Waals surface area contributed by atoms with Gasteiger partial charge in [0.1, 0.15) is 5.82 Å². The SMILES string of the molecule is Cc1ccc(CC(C)C)c(F)c1. The molecule has 0 fully saturated rings. The molecule has 0 atom stereocenters. The monoisotopic (exact) mass is 166 g/mol. The van der Waals surface area contributed by atoms with E-state index in [0.717, 1.165) is 17.5 Å². The fourth-order valence-corrected chi connectivity index (χ4v) is 1.26. The summed E-state index contributed by atoms with van der Waals surface area (Å²) < 4.78 is 13.2. The topological polar surface area (TPSA) is 0 Å². The standard InChI is InChI=1S/C11H15F/c1-8(2)6-10-5-4-9(3)7-11(10)12/h4-5,7-8H,6H2,1-3H3. The summed E-state index contributed by atoms with van der Waals surface area (Å²) in [6, 6.07) is 5.43. The van der Waals surface area contributed by atoms with Crippen molar-refractivity contribution in [1.82, 2.24) is 0 Å². The van der Waals surface area contributed by atoms with Gasteiger partial charge in [-0.15, -0.1) is 0 Å². The van der Waals surface area contributed by atoms with Gasteiger partial charge in [0, 0.05) is 0 Å². The molecule has 0 nitrogen and oxygen atoms in total. The molecule has 1 aromatic carbocycles. The van der Waals surface area contributed by atoms with Crippen LogP contribution >= 0.6 is 0 Å². The predicted octanol–water partition coefficient (Wildman–Crippen LogP) is 3.33. The first-order valence-corrected chi connectivity index (χ1v) is 4.34. The number of aryl methyl sites for hydroxylation is 1. The zero-order valence-corrected chi connectivity index (χ0v) is 7.89. The molecule has 1 rings (SSSR count). The minimum absolute atomic E-state index is 0.0660. The quantitative estimate of drug-likeness (QED) is 0.632. The first kappa shape index (κ1) is 9.24. The van der Waals surface area contributed by atoms with Crippen molar-refractivity contribution in [3.8, 4) is 0 Å².